The number of nitrogens with zero attached hydrogens (tertiary/aromatic N) is 3. The van der Waals surface area contributed by atoms with Gasteiger partial charge in [-0.1, -0.05) is 17.7 Å². The van der Waals surface area contributed by atoms with Crippen molar-refractivity contribution in [2.75, 3.05) is 0 Å². The third kappa shape index (κ3) is 5.36. The Hall–Kier alpha value is -3.12. The Morgan fingerprint density at radius 3 is 2.56 bits per heavy atom. The van der Waals surface area contributed by atoms with Crippen molar-refractivity contribution in [1.82, 2.24) is 14.8 Å². The molecule has 2 aliphatic rings. The van der Waals surface area contributed by atoms with Crippen molar-refractivity contribution in [1.29, 1.82) is 0 Å². The van der Waals surface area contributed by atoms with Crippen LogP contribution in [0, 0.1) is 11.7 Å². The maximum atomic E-state index is 14.6. The first kappa shape index (κ1) is 26.1. The highest BCUT2D eigenvalue weighted by Crippen LogP contribution is 2.44. The normalized spacial score (nSPS) is 15.6. The van der Waals surface area contributed by atoms with E-state index in [1.54, 1.807) is 22.9 Å². The van der Waals surface area contributed by atoms with Crippen molar-refractivity contribution >= 4 is 38.9 Å². The van der Waals surface area contributed by atoms with Gasteiger partial charge in [0, 0.05) is 22.9 Å². The summed E-state index contributed by atoms with van der Waals surface area (Å²) >= 11 is 7.49. The van der Waals surface area contributed by atoms with E-state index in [1.165, 1.54) is 28.8 Å². The minimum atomic E-state index is -3.98. The zero-order valence-corrected chi connectivity index (χ0v) is 23.0. The predicted octanol–water partition coefficient (Wildman–Crippen LogP) is 5.55. The molecule has 0 unspecified atom stereocenters. The quantitative estimate of drug-likeness (QED) is 0.264. The summed E-state index contributed by atoms with van der Waals surface area (Å²) in [4.78, 5) is 15.7. The number of thiazole rings is 1. The van der Waals surface area contributed by atoms with Crippen LogP contribution < -0.4 is 5.14 Å². The van der Waals surface area contributed by atoms with Gasteiger partial charge in [-0.25, -0.2) is 32.4 Å². The van der Waals surface area contributed by atoms with Gasteiger partial charge in [0.05, 0.1) is 16.4 Å². The molecule has 0 spiro atoms. The van der Waals surface area contributed by atoms with Gasteiger partial charge in [0.2, 0.25) is 15.2 Å². The Morgan fingerprint density at radius 1 is 1.18 bits per heavy atom. The van der Waals surface area contributed by atoms with Crippen molar-refractivity contribution in [2.45, 2.75) is 49.3 Å². The van der Waals surface area contributed by atoms with Crippen molar-refractivity contribution in [3.63, 3.8) is 0 Å². The third-order valence-electron chi connectivity index (χ3n) is 7.13. The van der Waals surface area contributed by atoms with Crippen molar-refractivity contribution in [3.8, 4) is 16.4 Å². The molecule has 0 bridgehead atoms. The fourth-order valence-corrected chi connectivity index (χ4v) is 6.70. The van der Waals surface area contributed by atoms with E-state index in [4.69, 9.17) is 21.8 Å². The smallest absolute Gasteiger partial charge is 0.355 e. The number of benzene rings is 2. The number of primary sulfonamides is 1. The molecule has 6 rings (SSSR count). The van der Waals surface area contributed by atoms with Crippen LogP contribution in [0.25, 0.3) is 16.4 Å². The summed E-state index contributed by atoms with van der Waals surface area (Å²) in [6.45, 7) is 0. The molecule has 4 aromatic rings. The molecule has 39 heavy (non-hydrogen) atoms. The fraction of sp³-hybridized carbons (Fsp3) is 0.296. The number of hydrogen-bond acceptors (Lipinski definition) is 6. The Kier molecular flexibility index (Phi) is 6.57. The van der Waals surface area contributed by atoms with Crippen LogP contribution in [0.15, 0.2) is 46.7 Å². The van der Waals surface area contributed by atoms with Gasteiger partial charge in [-0.15, -0.1) is 11.3 Å². The van der Waals surface area contributed by atoms with E-state index in [2.05, 4.69) is 4.98 Å². The number of carboxylic acid groups (broad SMARTS) is 1. The summed E-state index contributed by atoms with van der Waals surface area (Å²) in [5.74, 6) is -0.694. The monoisotopic (exact) mass is 586 g/mol. The Balaban J connectivity index is 1.52. The molecular weight excluding hydrogens is 563 g/mol. The molecule has 8 nitrogen and oxygen atoms in total. The maximum absolute atomic E-state index is 14.6. The van der Waals surface area contributed by atoms with Crippen LogP contribution in [0.3, 0.4) is 0 Å². The van der Waals surface area contributed by atoms with Gasteiger partial charge in [-0.2, -0.15) is 5.10 Å². The van der Waals surface area contributed by atoms with E-state index >= 15 is 0 Å². The number of hydrogen-bond donors (Lipinski definition) is 2. The SMILES string of the molecule is NS(=O)(=O)c1ccc(Cc2c(-c3ccc(F)c(C4CC4)c3)nn(-c3nc(C(=O)O)cs3)c2CC2CC2)cc1Cl. The molecule has 12 heteroatoms. The van der Waals surface area contributed by atoms with Crippen LogP contribution in [0.1, 0.15) is 64.5 Å². The number of aromatic carboxylic acids is 1. The van der Waals surface area contributed by atoms with Gasteiger partial charge in [0.25, 0.3) is 0 Å². The highest BCUT2D eigenvalue weighted by atomic mass is 35.5. The molecule has 2 fully saturated rings. The first-order chi connectivity index (χ1) is 18.6. The average Bonchev–Trinajstić information content (AvgIpc) is 3.79. The molecular formula is C27H24ClFN4O4S2. The highest BCUT2D eigenvalue weighted by Gasteiger charge is 2.31. The lowest BCUT2D eigenvalue weighted by Gasteiger charge is -2.11. The molecule has 3 N–H and O–H groups in total. The van der Waals surface area contributed by atoms with Crippen molar-refractivity contribution in [2.24, 2.45) is 11.1 Å². The summed E-state index contributed by atoms with van der Waals surface area (Å²) in [6.07, 6.45) is 5.13. The zero-order valence-electron chi connectivity index (χ0n) is 20.6. The van der Waals surface area contributed by atoms with E-state index in [0.717, 1.165) is 48.1 Å². The van der Waals surface area contributed by atoms with Gasteiger partial charge in [-0.3, -0.25) is 0 Å². The number of nitrogens with two attached hydrogens (primary N) is 1. The largest absolute Gasteiger partial charge is 0.476 e. The highest BCUT2D eigenvalue weighted by molar-refractivity contribution is 7.89. The van der Waals surface area contributed by atoms with Crippen molar-refractivity contribution < 1.29 is 22.7 Å². The number of rotatable bonds is 9. The zero-order chi connectivity index (χ0) is 27.5. The molecule has 202 valence electrons. The van der Waals surface area contributed by atoms with Gasteiger partial charge in [-0.05, 0) is 85.4 Å². The van der Waals surface area contributed by atoms with E-state index in [0.29, 0.717) is 35.1 Å². The van der Waals surface area contributed by atoms with Crippen LogP contribution in [0.5, 0.6) is 0 Å². The van der Waals surface area contributed by atoms with E-state index in [-0.39, 0.29) is 27.3 Å². The Bertz CT molecular complexity index is 1730. The first-order valence-corrected chi connectivity index (χ1v) is 15.3. The molecule has 2 heterocycles. The number of carbonyl (C=O) groups is 1. The van der Waals surface area contributed by atoms with Crippen LogP contribution in [0.4, 0.5) is 4.39 Å². The minimum absolute atomic E-state index is 0.0245. The molecule has 2 aromatic heterocycles. The molecule has 2 aliphatic carbocycles. The summed E-state index contributed by atoms with van der Waals surface area (Å²) in [6, 6.07) is 9.66. The average molecular weight is 587 g/mol. The topological polar surface area (TPSA) is 128 Å². The summed E-state index contributed by atoms with van der Waals surface area (Å²) in [7, 11) is -3.98. The van der Waals surface area contributed by atoms with E-state index in [9.17, 15) is 22.7 Å². The van der Waals surface area contributed by atoms with Crippen LogP contribution in [-0.2, 0) is 22.9 Å². The Morgan fingerprint density at radius 2 is 1.95 bits per heavy atom. The second-order valence-electron chi connectivity index (χ2n) is 10.2. The third-order valence-corrected chi connectivity index (χ3v) is 9.34. The molecule has 2 saturated carbocycles. The summed E-state index contributed by atoms with van der Waals surface area (Å²) in [5, 5.41) is 21.6. The van der Waals surface area contributed by atoms with Crippen LogP contribution >= 0.6 is 22.9 Å². The molecule has 2 aromatic carbocycles. The number of aromatic nitrogens is 3. The molecule has 0 amide bonds. The molecule has 0 radical (unpaired) electrons. The van der Waals surface area contributed by atoms with Gasteiger partial charge in [0.15, 0.2) is 5.69 Å². The first-order valence-electron chi connectivity index (χ1n) is 12.5. The lowest BCUT2D eigenvalue weighted by Crippen LogP contribution is -2.12. The van der Waals surface area contributed by atoms with E-state index in [1.807, 2.05) is 6.07 Å². The van der Waals surface area contributed by atoms with Crippen LogP contribution in [-0.4, -0.2) is 34.3 Å². The number of carboxylic acids is 1. The van der Waals surface area contributed by atoms with Crippen molar-refractivity contribution in [3.05, 3.63) is 80.7 Å². The lowest BCUT2D eigenvalue weighted by molar-refractivity contribution is 0.0691. The van der Waals surface area contributed by atoms with Crippen LogP contribution in [0.2, 0.25) is 5.02 Å². The minimum Gasteiger partial charge on any atom is -0.476 e. The van der Waals surface area contributed by atoms with Gasteiger partial charge in [0.1, 0.15) is 10.7 Å². The maximum Gasteiger partial charge on any atom is 0.355 e. The fourth-order valence-electron chi connectivity index (χ4n) is 4.81. The molecule has 0 saturated heterocycles. The summed E-state index contributed by atoms with van der Waals surface area (Å²) in [5.41, 5.74) is 4.52. The van der Waals surface area contributed by atoms with Gasteiger partial charge < -0.3 is 5.11 Å². The molecule has 0 atom stereocenters. The summed E-state index contributed by atoms with van der Waals surface area (Å²) < 4.78 is 40.1. The number of halogens is 2. The molecule has 0 aliphatic heterocycles. The lowest BCUT2D eigenvalue weighted by atomic mass is 9.95. The van der Waals surface area contributed by atoms with Gasteiger partial charge >= 0.3 is 5.97 Å². The van der Waals surface area contributed by atoms with E-state index < -0.39 is 16.0 Å². The standard InChI is InChI=1S/C27H24ClFN4O4S2/c28-20-10-15(3-8-24(20)39(30,36)37)9-19-23(11-14-1-2-14)33(27-31-22(13-38-27)26(34)35)32-25(19)17-6-7-21(29)18(12-17)16-4-5-16/h3,6-8,10,12-14,16H,1-2,4-5,9,11H2,(H,34,35)(H2,30,36,37). The second kappa shape index (κ2) is 9.81. The predicted molar refractivity (Wildman–Crippen MR) is 146 cm³/mol. The Labute approximate surface area is 233 Å². The number of sulfonamides is 1. The second-order valence-corrected chi connectivity index (χ2v) is 12.9.